The summed E-state index contributed by atoms with van der Waals surface area (Å²) in [5, 5.41) is 11.5. The van der Waals surface area contributed by atoms with Crippen LogP contribution in [-0.2, 0) is 6.61 Å². The standard InChI is InChI=1S/C13H13BrO2S/c1-9(15)10-3-2-4-11(7-10)16-8-13-12(14)5-6-17-13/h2-7,9,15H,8H2,1H3/t9-/m1/s1. The van der Waals surface area contributed by atoms with Crippen molar-refractivity contribution in [3.63, 3.8) is 0 Å². The molecule has 0 fully saturated rings. The van der Waals surface area contributed by atoms with E-state index in [1.165, 1.54) is 0 Å². The lowest BCUT2D eigenvalue weighted by molar-refractivity contribution is 0.198. The molecule has 0 amide bonds. The van der Waals surface area contributed by atoms with Crippen molar-refractivity contribution in [2.75, 3.05) is 0 Å². The summed E-state index contributed by atoms with van der Waals surface area (Å²) in [5.41, 5.74) is 0.868. The van der Waals surface area contributed by atoms with Crippen molar-refractivity contribution in [1.82, 2.24) is 0 Å². The molecule has 1 atom stereocenters. The predicted molar refractivity (Wildman–Crippen MR) is 73.4 cm³/mol. The van der Waals surface area contributed by atoms with E-state index in [9.17, 15) is 5.11 Å². The molecule has 0 bridgehead atoms. The van der Waals surface area contributed by atoms with Crippen LogP contribution in [0.1, 0.15) is 23.5 Å². The SMILES string of the molecule is C[C@@H](O)c1cccc(OCc2sccc2Br)c1. The number of benzene rings is 1. The minimum absolute atomic E-state index is 0.466. The highest BCUT2D eigenvalue weighted by Crippen LogP contribution is 2.25. The van der Waals surface area contributed by atoms with Gasteiger partial charge in [0.1, 0.15) is 12.4 Å². The third kappa shape index (κ3) is 3.31. The summed E-state index contributed by atoms with van der Waals surface area (Å²) in [7, 11) is 0. The molecular formula is C13H13BrO2S. The number of rotatable bonds is 4. The molecule has 0 aliphatic rings. The fourth-order valence-electron chi connectivity index (χ4n) is 1.44. The molecule has 4 heteroatoms. The van der Waals surface area contributed by atoms with Crippen LogP contribution in [0, 0.1) is 0 Å². The van der Waals surface area contributed by atoms with Gasteiger partial charge in [0.2, 0.25) is 0 Å². The lowest BCUT2D eigenvalue weighted by Gasteiger charge is -2.09. The zero-order valence-corrected chi connectivity index (χ0v) is 11.8. The van der Waals surface area contributed by atoms with Crippen molar-refractivity contribution >= 4 is 27.3 Å². The molecule has 2 nitrogen and oxygen atoms in total. The van der Waals surface area contributed by atoms with Crippen LogP contribution in [-0.4, -0.2) is 5.11 Å². The van der Waals surface area contributed by atoms with Crippen LogP contribution < -0.4 is 4.74 Å². The monoisotopic (exact) mass is 312 g/mol. The van der Waals surface area contributed by atoms with Gasteiger partial charge in [0, 0.05) is 4.47 Å². The minimum atomic E-state index is -0.466. The molecule has 90 valence electrons. The van der Waals surface area contributed by atoms with Gasteiger partial charge in [0.15, 0.2) is 0 Å². The van der Waals surface area contributed by atoms with Crippen LogP contribution >= 0.6 is 27.3 Å². The highest BCUT2D eigenvalue weighted by Gasteiger charge is 2.04. The van der Waals surface area contributed by atoms with E-state index in [1.54, 1.807) is 18.3 Å². The van der Waals surface area contributed by atoms with Gasteiger partial charge >= 0.3 is 0 Å². The lowest BCUT2D eigenvalue weighted by Crippen LogP contribution is -1.96. The third-order valence-electron chi connectivity index (χ3n) is 2.40. The van der Waals surface area contributed by atoms with E-state index in [0.717, 1.165) is 20.7 Å². The van der Waals surface area contributed by atoms with E-state index in [1.807, 2.05) is 35.7 Å². The highest BCUT2D eigenvalue weighted by molar-refractivity contribution is 9.10. The van der Waals surface area contributed by atoms with Gasteiger partial charge in [-0.1, -0.05) is 12.1 Å². The average molecular weight is 313 g/mol. The van der Waals surface area contributed by atoms with Gasteiger partial charge in [-0.3, -0.25) is 0 Å². The molecule has 1 N–H and O–H groups in total. The van der Waals surface area contributed by atoms with E-state index in [2.05, 4.69) is 15.9 Å². The maximum atomic E-state index is 9.48. The van der Waals surface area contributed by atoms with Crippen LogP contribution in [0.15, 0.2) is 40.2 Å². The van der Waals surface area contributed by atoms with Gasteiger partial charge < -0.3 is 9.84 Å². The van der Waals surface area contributed by atoms with E-state index in [0.29, 0.717) is 6.61 Å². The molecule has 1 aromatic heterocycles. The topological polar surface area (TPSA) is 29.5 Å². The minimum Gasteiger partial charge on any atom is -0.488 e. The molecule has 2 rings (SSSR count). The zero-order chi connectivity index (χ0) is 12.3. The second-order valence-corrected chi connectivity index (χ2v) is 5.58. The van der Waals surface area contributed by atoms with E-state index in [4.69, 9.17) is 4.74 Å². The summed E-state index contributed by atoms with van der Waals surface area (Å²) in [6, 6.07) is 9.55. The number of aliphatic hydroxyl groups is 1. The number of ether oxygens (including phenoxy) is 1. The molecule has 2 aromatic rings. The van der Waals surface area contributed by atoms with Gasteiger partial charge in [0.05, 0.1) is 11.0 Å². The Morgan fingerprint density at radius 1 is 1.41 bits per heavy atom. The van der Waals surface area contributed by atoms with Crippen LogP contribution in [0.3, 0.4) is 0 Å². The maximum Gasteiger partial charge on any atom is 0.124 e. The Kier molecular flexibility index (Phi) is 4.20. The van der Waals surface area contributed by atoms with Gasteiger partial charge in [-0.15, -0.1) is 11.3 Å². The number of halogens is 1. The Bertz CT molecular complexity index is 494. The first kappa shape index (κ1) is 12.6. The first-order valence-electron chi connectivity index (χ1n) is 5.29. The summed E-state index contributed by atoms with van der Waals surface area (Å²) in [5.74, 6) is 0.781. The molecule has 0 spiro atoms. The van der Waals surface area contributed by atoms with Crippen molar-refractivity contribution in [3.8, 4) is 5.75 Å². The quantitative estimate of drug-likeness (QED) is 0.919. The summed E-state index contributed by atoms with van der Waals surface area (Å²) in [6.07, 6.45) is -0.466. The maximum absolute atomic E-state index is 9.48. The Labute approximate surface area is 113 Å². The first-order valence-corrected chi connectivity index (χ1v) is 6.97. The molecule has 0 aliphatic heterocycles. The van der Waals surface area contributed by atoms with Crippen molar-refractivity contribution in [2.45, 2.75) is 19.6 Å². The number of thiophene rings is 1. The highest BCUT2D eigenvalue weighted by atomic mass is 79.9. The van der Waals surface area contributed by atoms with Crippen molar-refractivity contribution in [1.29, 1.82) is 0 Å². The van der Waals surface area contributed by atoms with E-state index in [-0.39, 0.29) is 0 Å². The van der Waals surface area contributed by atoms with Crippen molar-refractivity contribution in [3.05, 3.63) is 50.6 Å². The van der Waals surface area contributed by atoms with Crippen LogP contribution in [0.5, 0.6) is 5.75 Å². The predicted octanol–water partition coefficient (Wildman–Crippen LogP) is 4.14. The molecule has 17 heavy (non-hydrogen) atoms. The van der Waals surface area contributed by atoms with Crippen molar-refractivity contribution in [2.24, 2.45) is 0 Å². The molecular weight excluding hydrogens is 300 g/mol. The summed E-state index contributed by atoms with van der Waals surface area (Å²) < 4.78 is 6.77. The zero-order valence-electron chi connectivity index (χ0n) is 9.39. The molecule has 0 unspecified atom stereocenters. The molecule has 0 saturated heterocycles. The molecule has 0 aliphatic carbocycles. The first-order chi connectivity index (χ1) is 8.16. The van der Waals surface area contributed by atoms with Crippen LogP contribution in [0.4, 0.5) is 0 Å². The number of hydrogen-bond donors (Lipinski definition) is 1. The van der Waals surface area contributed by atoms with Gasteiger partial charge in [-0.25, -0.2) is 0 Å². The number of hydrogen-bond acceptors (Lipinski definition) is 3. The Morgan fingerprint density at radius 2 is 2.24 bits per heavy atom. The molecule has 1 heterocycles. The van der Waals surface area contributed by atoms with E-state index >= 15 is 0 Å². The largest absolute Gasteiger partial charge is 0.488 e. The van der Waals surface area contributed by atoms with Crippen LogP contribution in [0.25, 0.3) is 0 Å². The van der Waals surface area contributed by atoms with Gasteiger partial charge in [-0.2, -0.15) is 0 Å². The second-order valence-electron chi connectivity index (χ2n) is 3.73. The van der Waals surface area contributed by atoms with Crippen molar-refractivity contribution < 1.29 is 9.84 Å². The average Bonchev–Trinajstić information content (AvgIpc) is 2.72. The Morgan fingerprint density at radius 3 is 2.88 bits per heavy atom. The lowest BCUT2D eigenvalue weighted by atomic mass is 10.1. The number of aliphatic hydroxyl groups excluding tert-OH is 1. The van der Waals surface area contributed by atoms with Gasteiger partial charge in [0.25, 0.3) is 0 Å². The molecule has 0 radical (unpaired) electrons. The third-order valence-corrected chi connectivity index (χ3v) is 4.30. The van der Waals surface area contributed by atoms with E-state index < -0.39 is 6.10 Å². The second kappa shape index (κ2) is 5.67. The summed E-state index contributed by atoms with van der Waals surface area (Å²) in [6.45, 7) is 2.29. The van der Waals surface area contributed by atoms with Crippen LogP contribution in [0.2, 0.25) is 0 Å². The Hall–Kier alpha value is -0.840. The summed E-state index contributed by atoms with van der Waals surface area (Å²) >= 11 is 5.13. The smallest absolute Gasteiger partial charge is 0.124 e. The Balaban J connectivity index is 2.04. The molecule has 0 saturated carbocycles. The van der Waals surface area contributed by atoms with Gasteiger partial charge in [-0.05, 0) is 52.0 Å². The fraction of sp³-hybridized carbons (Fsp3) is 0.231. The molecule has 1 aromatic carbocycles. The fourth-order valence-corrected chi connectivity index (χ4v) is 2.82. The summed E-state index contributed by atoms with van der Waals surface area (Å²) in [4.78, 5) is 1.16. The normalized spacial score (nSPS) is 12.4.